The SMILES string of the molecule is CC(CC(F)(F)F)NC1CCN(S(=O)(=O)c2ccccc2)CC1. The van der Waals surface area contributed by atoms with Crippen molar-refractivity contribution in [2.75, 3.05) is 13.1 Å². The third-order valence-corrected chi connectivity index (χ3v) is 5.81. The van der Waals surface area contributed by atoms with Gasteiger partial charge in [0, 0.05) is 25.2 Å². The number of rotatable bonds is 5. The number of nitrogens with one attached hydrogen (secondary N) is 1. The van der Waals surface area contributed by atoms with Gasteiger partial charge >= 0.3 is 6.18 Å². The van der Waals surface area contributed by atoms with Crippen molar-refractivity contribution < 1.29 is 21.6 Å². The van der Waals surface area contributed by atoms with E-state index in [9.17, 15) is 21.6 Å². The molecule has 0 radical (unpaired) electrons. The van der Waals surface area contributed by atoms with Crippen LogP contribution < -0.4 is 5.32 Å². The van der Waals surface area contributed by atoms with Gasteiger partial charge in [-0.15, -0.1) is 0 Å². The minimum atomic E-state index is -4.19. The lowest BCUT2D eigenvalue weighted by Gasteiger charge is -2.33. The van der Waals surface area contributed by atoms with Gasteiger partial charge in [0.05, 0.1) is 11.3 Å². The van der Waals surface area contributed by atoms with Crippen LogP contribution in [0.2, 0.25) is 0 Å². The van der Waals surface area contributed by atoms with Crippen molar-refractivity contribution in [3.8, 4) is 0 Å². The van der Waals surface area contributed by atoms with Crippen molar-refractivity contribution in [3.05, 3.63) is 30.3 Å². The van der Waals surface area contributed by atoms with E-state index in [2.05, 4.69) is 5.32 Å². The van der Waals surface area contributed by atoms with Crippen molar-refractivity contribution in [2.24, 2.45) is 0 Å². The first kappa shape index (κ1) is 18.2. The maximum Gasteiger partial charge on any atom is 0.390 e. The van der Waals surface area contributed by atoms with E-state index in [-0.39, 0.29) is 10.9 Å². The van der Waals surface area contributed by atoms with Gasteiger partial charge in [-0.05, 0) is 31.9 Å². The lowest BCUT2D eigenvalue weighted by molar-refractivity contribution is -0.139. The first-order valence-electron chi connectivity index (χ1n) is 7.56. The molecule has 1 aliphatic heterocycles. The van der Waals surface area contributed by atoms with Crippen LogP contribution in [-0.4, -0.2) is 44.1 Å². The Kier molecular flexibility index (Phi) is 5.70. The molecule has 8 heteroatoms. The molecule has 0 aliphatic carbocycles. The van der Waals surface area contributed by atoms with E-state index < -0.39 is 28.7 Å². The molecule has 23 heavy (non-hydrogen) atoms. The third-order valence-electron chi connectivity index (χ3n) is 3.89. The van der Waals surface area contributed by atoms with Crippen molar-refractivity contribution in [1.82, 2.24) is 9.62 Å². The highest BCUT2D eigenvalue weighted by Crippen LogP contribution is 2.24. The highest BCUT2D eigenvalue weighted by molar-refractivity contribution is 7.89. The summed E-state index contributed by atoms with van der Waals surface area (Å²) in [5, 5.41) is 2.95. The largest absolute Gasteiger partial charge is 0.390 e. The van der Waals surface area contributed by atoms with E-state index in [1.807, 2.05) is 0 Å². The Morgan fingerprint density at radius 2 is 1.78 bits per heavy atom. The van der Waals surface area contributed by atoms with E-state index in [1.165, 1.54) is 11.2 Å². The standard InChI is InChI=1S/C15H21F3N2O2S/c1-12(11-15(16,17)18)19-13-7-9-20(10-8-13)23(21,22)14-5-3-2-4-6-14/h2-6,12-13,19H,7-11H2,1H3. The van der Waals surface area contributed by atoms with Crippen molar-refractivity contribution in [2.45, 2.75) is 49.3 Å². The monoisotopic (exact) mass is 350 g/mol. The summed E-state index contributed by atoms with van der Waals surface area (Å²) >= 11 is 0. The smallest absolute Gasteiger partial charge is 0.311 e. The second kappa shape index (κ2) is 7.19. The van der Waals surface area contributed by atoms with Crippen molar-refractivity contribution in [1.29, 1.82) is 0 Å². The molecule has 1 saturated heterocycles. The lowest BCUT2D eigenvalue weighted by atomic mass is 10.0. The second-order valence-electron chi connectivity index (χ2n) is 5.88. The molecule has 2 rings (SSSR count). The zero-order valence-electron chi connectivity index (χ0n) is 12.9. The molecule has 1 heterocycles. The molecule has 1 fully saturated rings. The summed E-state index contributed by atoms with van der Waals surface area (Å²) in [6.07, 6.45) is -4.05. The Balaban J connectivity index is 1.89. The van der Waals surface area contributed by atoms with Gasteiger partial charge < -0.3 is 5.32 Å². The number of sulfonamides is 1. The van der Waals surface area contributed by atoms with Gasteiger partial charge in [0.25, 0.3) is 0 Å². The number of piperidine rings is 1. The molecule has 1 N–H and O–H groups in total. The number of hydrogen-bond donors (Lipinski definition) is 1. The summed E-state index contributed by atoms with van der Waals surface area (Å²) in [5.74, 6) is 0. The van der Waals surface area contributed by atoms with Crippen LogP contribution in [0.4, 0.5) is 13.2 Å². The van der Waals surface area contributed by atoms with Crippen molar-refractivity contribution >= 4 is 10.0 Å². The first-order chi connectivity index (χ1) is 10.7. The number of halogens is 3. The highest BCUT2D eigenvalue weighted by atomic mass is 32.2. The highest BCUT2D eigenvalue weighted by Gasteiger charge is 2.33. The topological polar surface area (TPSA) is 49.4 Å². The number of nitrogens with zero attached hydrogens (tertiary/aromatic N) is 1. The molecular formula is C15H21F3N2O2S. The minimum Gasteiger partial charge on any atom is -0.311 e. The first-order valence-corrected chi connectivity index (χ1v) is 9.00. The van der Waals surface area contributed by atoms with Crippen LogP contribution in [0, 0.1) is 0 Å². The summed E-state index contributed by atoms with van der Waals surface area (Å²) in [4.78, 5) is 0.247. The molecule has 1 atom stereocenters. The number of alkyl halides is 3. The molecule has 1 aromatic carbocycles. The fourth-order valence-corrected chi connectivity index (χ4v) is 4.30. The second-order valence-corrected chi connectivity index (χ2v) is 7.82. The van der Waals surface area contributed by atoms with Gasteiger partial charge in [0.2, 0.25) is 10.0 Å². The van der Waals surface area contributed by atoms with Crippen LogP contribution in [0.25, 0.3) is 0 Å². The van der Waals surface area contributed by atoms with Gasteiger partial charge in [-0.3, -0.25) is 0 Å². The van der Waals surface area contributed by atoms with Crippen LogP contribution in [-0.2, 0) is 10.0 Å². The molecule has 1 aromatic rings. The zero-order valence-corrected chi connectivity index (χ0v) is 13.7. The fraction of sp³-hybridized carbons (Fsp3) is 0.600. The van der Waals surface area contributed by atoms with Crippen molar-refractivity contribution in [3.63, 3.8) is 0 Å². The fourth-order valence-electron chi connectivity index (χ4n) is 2.81. The summed E-state index contributed by atoms with van der Waals surface area (Å²) in [7, 11) is -3.52. The summed E-state index contributed by atoms with van der Waals surface area (Å²) in [5.41, 5.74) is 0. The van der Waals surface area contributed by atoms with Gasteiger partial charge in [-0.2, -0.15) is 17.5 Å². The minimum absolute atomic E-state index is 0.0884. The lowest BCUT2D eigenvalue weighted by Crippen LogP contribution is -2.47. The maximum absolute atomic E-state index is 12.5. The Morgan fingerprint density at radius 1 is 1.22 bits per heavy atom. The normalized spacial score (nSPS) is 19.7. The molecule has 0 aromatic heterocycles. The molecular weight excluding hydrogens is 329 g/mol. The predicted molar refractivity (Wildman–Crippen MR) is 81.5 cm³/mol. The maximum atomic E-state index is 12.5. The molecule has 0 spiro atoms. The zero-order chi connectivity index (χ0) is 17.1. The Morgan fingerprint density at radius 3 is 2.30 bits per heavy atom. The molecule has 0 bridgehead atoms. The van der Waals surface area contributed by atoms with E-state index in [1.54, 1.807) is 30.3 Å². The van der Waals surface area contributed by atoms with Gasteiger partial charge in [-0.1, -0.05) is 18.2 Å². The van der Waals surface area contributed by atoms with E-state index in [0.717, 1.165) is 0 Å². The van der Waals surface area contributed by atoms with Crippen LogP contribution in [0.3, 0.4) is 0 Å². The summed E-state index contributed by atoms with van der Waals surface area (Å²) in [6.45, 7) is 2.13. The molecule has 130 valence electrons. The third kappa shape index (κ3) is 5.19. The Hall–Kier alpha value is -1.12. The quantitative estimate of drug-likeness (QED) is 0.888. The molecule has 1 aliphatic rings. The Labute approximate surface area is 134 Å². The van der Waals surface area contributed by atoms with E-state index in [4.69, 9.17) is 0 Å². The number of hydrogen-bond acceptors (Lipinski definition) is 3. The van der Waals surface area contributed by atoms with Crippen LogP contribution >= 0.6 is 0 Å². The van der Waals surface area contributed by atoms with Crippen LogP contribution in [0.5, 0.6) is 0 Å². The van der Waals surface area contributed by atoms with E-state index >= 15 is 0 Å². The Bertz CT molecular complexity index is 597. The average molecular weight is 350 g/mol. The summed E-state index contributed by atoms with van der Waals surface area (Å²) in [6, 6.07) is 7.42. The average Bonchev–Trinajstić information content (AvgIpc) is 2.46. The molecule has 0 amide bonds. The van der Waals surface area contributed by atoms with Crippen LogP contribution in [0.1, 0.15) is 26.2 Å². The molecule has 0 saturated carbocycles. The molecule has 4 nitrogen and oxygen atoms in total. The van der Waals surface area contributed by atoms with Gasteiger partial charge in [0.1, 0.15) is 0 Å². The van der Waals surface area contributed by atoms with Crippen LogP contribution in [0.15, 0.2) is 35.2 Å². The summed E-state index contributed by atoms with van der Waals surface area (Å²) < 4.78 is 63.3. The van der Waals surface area contributed by atoms with E-state index in [0.29, 0.717) is 25.9 Å². The van der Waals surface area contributed by atoms with Gasteiger partial charge in [-0.25, -0.2) is 8.42 Å². The van der Waals surface area contributed by atoms with Gasteiger partial charge in [0.15, 0.2) is 0 Å². The number of benzene rings is 1. The molecule has 1 unspecified atom stereocenters. The predicted octanol–water partition coefficient (Wildman–Crippen LogP) is 2.77.